The highest BCUT2D eigenvalue weighted by Crippen LogP contribution is 2.44. The number of aliphatic hydroxyl groups is 3. The first kappa shape index (κ1) is 30.0. The number of hydrogen-bond acceptors (Lipinski definition) is 7. The van der Waals surface area contributed by atoms with E-state index in [0.29, 0.717) is 11.5 Å². The molecule has 0 amide bonds. The third-order valence-electron chi connectivity index (χ3n) is 7.19. The van der Waals surface area contributed by atoms with E-state index in [2.05, 4.69) is 0 Å². The lowest BCUT2D eigenvalue weighted by Crippen LogP contribution is -2.48. The second-order valence-corrected chi connectivity index (χ2v) is 9.76. The Morgan fingerprint density at radius 1 is 0.718 bits per heavy atom. The van der Waals surface area contributed by atoms with Gasteiger partial charge in [0.05, 0.1) is 31.8 Å². The fourth-order valence-corrected chi connectivity index (χ4v) is 5.02. The highest BCUT2D eigenvalue weighted by atomic mass is 16.5. The number of ether oxygens (including phenoxy) is 2. The van der Waals surface area contributed by atoms with Crippen molar-refractivity contribution < 1.29 is 34.4 Å². The van der Waals surface area contributed by atoms with Gasteiger partial charge in [0.25, 0.3) is 0 Å². The maximum atomic E-state index is 12.4. The first-order valence-electron chi connectivity index (χ1n) is 13.1. The highest BCUT2D eigenvalue weighted by Gasteiger charge is 2.46. The number of carbonyl (C=O) groups is 2. The molecule has 0 heterocycles. The van der Waals surface area contributed by atoms with Crippen molar-refractivity contribution in [1.82, 2.24) is 0 Å². The molecule has 0 aliphatic rings. The Kier molecular flexibility index (Phi) is 10.8. The fraction of sp³-hybridized carbons (Fsp3) is 0.375. The van der Waals surface area contributed by atoms with Crippen molar-refractivity contribution in [3.05, 3.63) is 95.6 Å². The zero-order valence-corrected chi connectivity index (χ0v) is 22.7. The zero-order chi connectivity index (χ0) is 28.4. The smallest absolute Gasteiger partial charge is 0.161 e. The Morgan fingerprint density at radius 3 is 1.67 bits per heavy atom. The minimum absolute atomic E-state index is 0.0340. The van der Waals surface area contributed by atoms with E-state index in [1.165, 1.54) is 6.92 Å². The summed E-state index contributed by atoms with van der Waals surface area (Å²) in [6.07, 6.45) is -3.04. The second-order valence-electron chi connectivity index (χ2n) is 9.76. The Morgan fingerprint density at radius 2 is 1.21 bits per heavy atom. The molecule has 3 rings (SSSR count). The normalized spacial score (nSPS) is 13.8. The van der Waals surface area contributed by atoms with Crippen molar-refractivity contribution in [3.8, 4) is 11.5 Å². The molecule has 0 aromatic heterocycles. The molecule has 3 atom stereocenters. The van der Waals surface area contributed by atoms with Gasteiger partial charge in [-0.1, -0.05) is 54.6 Å². The molecule has 0 aliphatic heterocycles. The Balaban J connectivity index is 1.98. The first-order chi connectivity index (χ1) is 18.7. The molecule has 0 radical (unpaired) electrons. The van der Waals surface area contributed by atoms with Crippen LogP contribution >= 0.6 is 0 Å². The topological polar surface area (TPSA) is 113 Å². The molecule has 7 heteroatoms. The maximum Gasteiger partial charge on any atom is 0.161 e. The summed E-state index contributed by atoms with van der Waals surface area (Å²) in [4.78, 5) is 23.5. The van der Waals surface area contributed by atoms with Gasteiger partial charge in [-0.3, -0.25) is 4.79 Å². The van der Waals surface area contributed by atoms with Crippen LogP contribution in [0, 0.1) is 0 Å². The largest absolute Gasteiger partial charge is 0.497 e. The predicted molar refractivity (Wildman–Crippen MR) is 149 cm³/mol. The summed E-state index contributed by atoms with van der Waals surface area (Å²) in [5, 5.41) is 33.4. The number of methoxy groups -OCH3 is 2. The fourth-order valence-electron chi connectivity index (χ4n) is 5.02. The highest BCUT2D eigenvalue weighted by molar-refractivity contribution is 5.83. The Hall–Kier alpha value is -3.52. The monoisotopic (exact) mass is 534 g/mol. The molecule has 3 unspecified atom stereocenters. The molecular formula is C32H38O7. The van der Waals surface area contributed by atoms with Gasteiger partial charge in [0.1, 0.15) is 23.4 Å². The van der Waals surface area contributed by atoms with Crippen LogP contribution in [0.3, 0.4) is 0 Å². The van der Waals surface area contributed by atoms with Gasteiger partial charge in [-0.05, 0) is 67.1 Å². The van der Waals surface area contributed by atoms with Gasteiger partial charge in [0.15, 0.2) is 5.78 Å². The molecule has 3 aromatic rings. The van der Waals surface area contributed by atoms with E-state index in [0.717, 1.165) is 16.7 Å². The summed E-state index contributed by atoms with van der Waals surface area (Å²) < 4.78 is 10.7. The molecule has 7 nitrogen and oxygen atoms in total. The minimum atomic E-state index is -1.29. The third-order valence-corrected chi connectivity index (χ3v) is 7.19. The van der Waals surface area contributed by atoms with Crippen LogP contribution in [0.2, 0.25) is 0 Å². The number of ketones is 2. The molecule has 0 saturated heterocycles. The Bertz CT molecular complexity index is 1140. The van der Waals surface area contributed by atoms with Crippen LogP contribution in [0.15, 0.2) is 78.9 Å². The van der Waals surface area contributed by atoms with Crippen molar-refractivity contribution in [2.45, 2.75) is 62.8 Å². The molecule has 3 N–H and O–H groups in total. The molecule has 0 aliphatic carbocycles. The minimum Gasteiger partial charge on any atom is -0.497 e. The first-order valence-corrected chi connectivity index (χ1v) is 13.1. The van der Waals surface area contributed by atoms with Gasteiger partial charge in [-0.15, -0.1) is 0 Å². The van der Waals surface area contributed by atoms with Crippen molar-refractivity contribution >= 4 is 11.6 Å². The molecule has 0 spiro atoms. The summed E-state index contributed by atoms with van der Waals surface area (Å²) in [6, 6.07) is 24.3. The number of aliphatic hydroxyl groups excluding tert-OH is 3. The van der Waals surface area contributed by atoms with Gasteiger partial charge < -0.3 is 29.6 Å². The van der Waals surface area contributed by atoms with E-state index in [1.54, 1.807) is 14.2 Å². The van der Waals surface area contributed by atoms with Crippen LogP contribution in [0.4, 0.5) is 0 Å². The van der Waals surface area contributed by atoms with E-state index < -0.39 is 23.7 Å². The van der Waals surface area contributed by atoms with Crippen LogP contribution in [0.1, 0.15) is 55.7 Å². The second kappa shape index (κ2) is 14.0. The van der Waals surface area contributed by atoms with E-state index in [1.807, 2.05) is 78.9 Å². The predicted octanol–water partition coefficient (Wildman–Crippen LogP) is 4.23. The van der Waals surface area contributed by atoms with Gasteiger partial charge >= 0.3 is 0 Å². The lowest BCUT2D eigenvalue weighted by atomic mass is 9.64. The average Bonchev–Trinajstić information content (AvgIpc) is 2.97. The average molecular weight is 535 g/mol. The standard InChI is InChI=1S/C32H38O7/c1-22(33)12-21-29(35)28(34)10-7-11-30(36)31(37)32(23-8-5-4-6-9-23,24-13-17-26(38-2)18-14-24)25-15-19-27(39-3)20-16-25/h4-6,8-9,13-20,29-31,35-37H,7,10-12,21H2,1-3H3. The number of carbonyl (C=O) groups excluding carboxylic acids is 2. The summed E-state index contributed by atoms with van der Waals surface area (Å²) >= 11 is 0. The molecule has 0 fully saturated rings. The van der Waals surface area contributed by atoms with Crippen molar-refractivity contribution in [1.29, 1.82) is 0 Å². The molecule has 208 valence electrons. The number of Topliss-reactive ketones (excluding diaryl/α,β-unsaturated/α-hetero) is 2. The van der Waals surface area contributed by atoms with Crippen LogP contribution in [0.25, 0.3) is 0 Å². The summed E-state index contributed by atoms with van der Waals surface area (Å²) in [5.74, 6) is 0.854. The summed E-state index contributed by atoms with van der Waals surface area (Å²) in [7, 11) is 3.17. The maximum absolute atomic E-state index is 12.4. The number of rotatable bonds is 15. The van der Waals surface area contributed by atoms with Gasteiger partial charge in [0, 0.05) is 12.8 Å². The van der Waals surface area contributed by atoms with Crippen molar-refractivity contribution in [2.75, 3.05) is 14.2 Å². The molecule has 39 heavy (non-hydrogen) atoms. The van der Waals surface area contributed by atoms with Gasteiger partial charge in [-0.25, -0.2) is 0 Å². The lowest BCUT2D eigenvalue weighted by molar-refractivity contribution is -0.128. The van der Waals surface area contributed by atoms with Crippen LogP contribution < -0.4 is 9.47 Å². The number of hydrogen-bond donors (Lipinski definition) is 3. The lowest BCUT2D eigenvalue weighted by Gasteiger charge is -2.42. The van der Waals surface area contributed by atoms with Crippen LogP contribution in [-0.4, -0.2) is 59.4 Å². The Labute approximate surface area is 230 Å². The molecular weight excluding hydrogens is 496 g/mol. The van der Waals surface area contributed by atoms with Gasteiger partial charge in [0.2, 0.25) is 0 Å². The van der Waals surface area contributed by atoms with Crippen LogP contribution in [-0.2, 0) is 15.0 Å². The van der Waals surface area contributed by atoms with Gasteiger partial charge in [-0.2, -0.15) is 0 Å². The van der Waals surface area contributed by atoms with E-state index >= 15 is 0 Å². The van der Waals surface area contributed by atoms with E-state index in [4.69, 9.17) is 9.47 Å². The van der Waals surface area contributed by atoms with Crippen molar-refractivity contribution in [2.24, 2.45) is 0 Å². The summed E-state index contributed by atoms with van der Waals surface area (Å²) in [5.41, 5.74) is 1.12. The molecule has 0 saturated carbocycles. The van der Waals surface area contributed by atoms with E-state index in [9.17, 15) is 24.9 Å². The molecule has 0 bridgehead atoms. The van der Waals surface area contributed by atoms with E-state index in [-0.39, 0.29) is 43.7 Å². The number of benzene rings is 3. The summed E-state index contributed by atoms with van der Waals surface area (Å²) in [6.45, 7) is 1.42. The van der Waals surface area contributed by atoms with Crippen LogP contribution in [0.5, 0.6) is 11.5 Å². The zero-order valence-electron chi connectivity index (χ0n) is 22.7. The quantitative estimate of drug-likeness (QED) is 0.250. The molecule has 3 aromatic carbocycles. The van der Waals surface area contributed by atoms with Crippen molar-refractivity contribution in [3.63, 3.8) is 0 Å². The SMILES string of the molecule is COc1ccc(C(c2ccccc2)(c2ccc(OC)cc2)C(O)C(O)CCCC(=O)C(O)CCC(C)=O)cc1. The third kappa shape index (κ3) is 7.12.